The number of ether oxygens (including phenoxy) is 1. The van der Waals surface area contributed by atoms with E-state index in [4.69, 9.17) is 10.8 Å². The highest BCUT2D eigenvalue weighted by atomic mass is 32.2. The number of carbonyl (C=O) groups excluding carboxylic acids is 3. The number of carbonyl (C=O) groups is 4. The molecule has 0 radical (unpaired) electrons. The van der Waals surface area contributed by atoms with E-state index in [-0.39, 0.29) is 6.54 Å². The van der Waals surface area contributed by atoms with Crippen molar-refractivity contribution in [1.29, 1.82) is 0 Å². The summed E-state index contributed by atoms with van der Waals surface area (Å²) in [5.74, 6) is -2.66. The molecule has 1 unspecified atom stereocenters. The molecule has 9 nitrogen and oxygen atoms in total. The lowest BCUT2D eigenvalue weighted by atomic mass is 10.2. The lowest BCUT2D eigenvalue weighted by molar-refractivity contribution is -0.142. The number of aliphatic carboxylic acids is 1. The summed E-state index contributed by atoms with van der Waals surface area (Å²) in [6.07, 6.45) is 4.06. The van der Waals surface area contributed by atoms with Crippen molar-refractivity contribution < 1.29 is 29.0 Å². The molecular formula is C13H21N3O6S. The second-order valence-corrected chi connectivity index (χ2v) is 5.37. The van der Waals surface area contributed by atoms with Crippen molar-refractivity contribution in [3.8, 4) is 0 Å². The van der Waals surface area contributed by atoms with Gasteiger partial charge in [-0.2, -0.15) is 11.8 Å². The fourth-order valence-corrected chi connectivity index (χ4v) is 1.82. The summed E-state index contributed by atoms with van der Waals surface area (Å²) >= 11 is 1.52. The minimum Gasteiger partial charge on any atom is -0.480 e. The number of nitrogens with two attached hydrogens (primary N) is 1. The number of carboxylic acids is 1. The standard InChI is InChI=1S/C13H21N3O6S/c1-22-11(18)4-3-10(17)15-7-9(13(20)21)16-12(19)8(14)5-6-23-2/h3-4,8-9H,5-7,14H2,1-2H3,(H,15,17)(H,16,19)(H,20,21)/b4-3+/t8-,9?/m0/s1. The summed E-state index contributed by atoms with van der Waals surface area (Å²) in [6.45, 7) is -0.347. The van der Waals surface area contributed by atoms with Gasteiger partial charge in [0.25, 0.3) is 0 Å². The van der Waals surface area contributed by atoms with Crippen molar-refractivity contribution in [1.82, 2.24) is 10.6 Å². The van der Waals surface area contributed by atoms with E-state index in [9.17, 15) is 19.2 Å². The normalized spacial score (nSPS) is 13.2. The molecule has 5 N–H and O–H groups in total. The molecule has 0 spiro atoms. The number of esters is 1. The van der Waals surface area contributed by atoms with E-state index in [0.29, 0.717) is 12.2 Å². The van der Waals surface area contributed by atoms with Crippen molar-refractivity contribution >= 4 is 35.5 Å². The van der Waals surface area contributed by atoms with Crippen LogP contribution in [-0.2, 0) is 23.9 Å². The van der Waals surface area contributed by atoms with Gasteiger partial charge in [0.2, 0.25) is 11.8 Å². The van der Waals surface area contributed by atoms with Gasteiger partial charge >= 0.3 is 11.9 Å². The molecule has 130 valence electrons. The zero-order valence-corrected chi connectivity index (χ0v) is 13.7. The zero-order valence-electron chi connectivity index (χ0n) is 12.9. The molecule has 0 aromatic carbocycles. The maximum atomic E-state index is 11.8. The van der Waals surface area contributed by atoms with E-state index < -0.39 is 35.8 Å². The smallest absolute Gasteiger partial charge is 0.330 e. The second-order valence-electron chi connectivity index (χ2n) is 4.39. The molecule has 0 bridgehead atoms. The third-order valence-corrected chi connectivity index (χ3v) is 3.28. The topological polar surface area (TPSA) is 148 Å². The predicted octanol–water partition coefficient (Wildman–Crippen LogP) is -1.52. The van der Waals surface area contributed by atoms with Crippen molar-refractivity contribution in [2.24, 2.45) is 5.73 Å². The SMILES string of the molecule is COC(=O)/C=C/C(=O)NCC(NC(=O)[C@@H](N)CCSC)C(=O)O. The summed E-state index contributed by atoms with van der Waals surface area (Å²) in [5, 5.41) is 13.6. The van der Waals surface area contributed by atoms with Crippen LogP contribution < -0.4 is 16.4 Å². The third-order valence-electron chi connectivity index (χ3n) is 2.64. The number of thioether (sulfide) groups is 1. The summed E-state index contributed by atoms with van der Waals surface area (Å²) < 4.78 is 4.30. The van der Waals surface area contributed by atoms with Crippen LogP contribution in [0.3, 0.4) is 0 Å². The van der Waals surface area contributed by atoms with E-state index in [1.54, 1.807) is 0 Å². The maximum Gasteiger partial charge on any atom is 0.330 e. The van der Waals surface area contributed by atoms with Gasteiger partial charge in [0.1, 0.15) is 6.04 Å². The van der Waals surface area contributed by atoms with Gasteiger partial charge in [-0.1, -0.05) is 0 Å². The summed E-state index contributed by atoms with van der Waals surface area (Å²) in [6, 6.07) is -2.14. The van der Waals surface area contributed by atoms with Crippen LogP contribution in [0.15, 0.2) is 12.2 Å². The number of nitrogens with one attached hydrogen (secondary N) is 2. The van der Waals surface area contributed by atoms with E-state index in [2.05, 4.69) is 15.4 Å². The molecule has 0 aliphatic rings. The van der Waals surface area contributed by atoms with Gasteiger partial charge in [-0.15, -0.1) is 0 Å². The Labute approximate surface area is 138 Å². The third kappa shape index (κ3) is 9.53. The van der Waals surface area contributed by atoms with Crippen molar-refractivity contribution in [3.05, 3.63) is 12.2 Å². The van der Waals surface area contributed by atoms with Gasteiger partial charge in [0.15, 0.2) is 0 Å². The van der Waals surface area contributed by atoms with Gasteiger partial charge in [-0.05, 0) is 18.4 Å². The minimum absolute atomic E-state index is 0.347. The number of carboxylic acid groups (broad SMARTS) is 1. The fraction of sp³-hybridized carbons (Fsp3) is 0.538. The van der Waals surface area contributed by atoms with Crippen molar-refractivity contribution in [2.45, 2.75) is 18.5 Å². The quantitative estimate of drug-likeness (QED) is 0.275. The molecule has 2 amide bonds. The highest BCUT2D eigenvalue weighted by molar-refractivity contribution is 7.98. The first-order chi connectivity index (χ1) is 10.8. The average molecular weight is 347 g/mol. The van der Waals surface area contributed by atoms with Crippen LogP contribution in [0.25, 0.3) is 0 Å². The number of rotatable bonds is 10. The van der Waals surface area contributed by atoms with Crippen LogP contribution in [0.2, 0.25) is 0 Å². The maximum absolute atomic E-state index is 11.8. The molecule has 0 aromatic rings. The number of hydrogen-bond donors (Lipinski definition) is 4. The van der Waals surface area contributed by atoms with Gasteiger partial charge in [0.05, 0.1) is 13.2 Å². The Morgan fingerprint density at radius 1 is 1.30 bits per heavy atom. The molecule has 0 aromatic heterocycles. The lowest BCUT2D eigenvalue weighted by Gasteiger charge is -2.17. The Morgan fingerprint density at radius 2 is 1.96 bits per heavy atom. The Bertz CT molecular complexity index is 469. The van der Waals surface area contributed by atoms with E-state index in [1.807, 2.05) is 6.26 Å². The van der Waals surface area contributed by atoms with Crippen LogP contribution in [0.5, 0.6) is 0 Å². The van der Waals surface area contributed by atoms with Gasteiger partial charge in [0, 0.05) is 18.7 Å². The first kappa shape index (κ1) is 20.9. The number of methoxy groups -OCH3 is 1. The molecule has 0 rings (SSSR count). The molecule has 0 aliphatic heterocycles. The molecule has 23 heavy (non-hydrogen) atoms. The van der Waals surface area contributed by atoms with Crippen LogP contribution in [-0.4, -0.2) is 66.6 Å². The highest BCUT2D eigenvalue weighted by Crippen LogP contribution is 1.99. The fourth-order valence-electron chi connectivity index (χ4n) is 1.33. The Hall–Kier alpha value is -2.07. The van der Waals surface area contributed by atoms with Crippen molar-refractivity contribution in [2.75, 3.05) is 25.7 Å². The van der Waals surface area contributed by atoms with Gasteiger partial charge < -0.3 is 26.2 Å². The number of amides is 2. The predicted molar refractivity (Wildman–Crippen MR) is 84.7 cm³/mol. The van der Waals surface area contributed by atoms with Gasteiger partial charge in [-0.25, -0.2) is 9.59 Å². The van der Waals surface area contributed by atoms with E-state index in [0.717, 1.165) is 19.3 Å². The molecular weight excluding hydrogens is 326 g/mol. The van der Waals surface area contributed by atoms with Crippen LogP contribution in [0.1, 0.15) is 6.42 Å². The first-order valence-electron chi connectivity index (χ1n) is 6.63. The van der Waals surface area contributed by atoms with E-state index in [1.165, 1.54) is 11.8 Å². The molecule has 0 fully saturated rings. The Balaban J connectivity index is 4.45. The molecule has 10 heteroatoms. The summed E-state index contributed by atoms with van der Waals surface area (Å²) in [5.41, 5.74) is 5.64. The molecule has 0 heterocycles. The van der Waals surface area contributed by atoms with Crippen LogP contribution in [0.4, 0.5) is 0 Å². The Kier molecular flexibility index (Phi) is 10.5. The van der Waals surface area contributed by atoms with Gasteiger partial charge in [-0.3, -0.25) is 9.59 Å². The summed E-state index contributed by atoms with van der Waals surface area (Å²) in [4.78, 5) is 45.1. The van der Waals surface area contributed by atoms with Crippen LogP contribution in [0, 0.1) is 0 Å². The Morgan fingerprint density at radius 3 is 2.48 bits per heavy atom. The minimum atomic E-state index is -1.32. The second kappa shape index (κ2) is 11.5. The molecule has 0 aliphatic carbocycles. The highest BCUT2D eigenvalue weighted by Gasteiger charge is 2.23. The largest absolute Gasteiger partial charge is 0.480 e. The number of hydrogen-bond acceptors (Lipinski definition) is 7. The molecule has 2 atom stereocenters. The molecule has 0 saturated heterocycles. The summed E-state index contributed by atoms with van der Waals surface area (Å²) in [7, 11) is 1.15. The average Bonchev–Trinajstić information content (AvgIpc) is 2.53. The lowest BCUT2D eigenvalue weighted by Crippen LogP contribution is -2.52. The molecule has 0 saturated carbocycles. The van der Waals surface area contributed by atoms with E-state index >= 15 is 0 Å². The first-order valence-corrected chi connectivity index (χ1v) is 8.02. The van der Waals surface area contributed by atoms with Crippen LogP contribution >= 0.6 is 11.8 Å². The van der Waals surface area contributed by atoms with Crippen molar-refractivity contribution in [3.63, 3.8) is 0 Å². The monoisotopic (exact) mass is 347 g/mol. The zero-order chi connectivity index (χ0) is 17.8.